The van der Waals surface area contributed by atoms with E-state index in [-0.39, 0.29) is 12.0 Å². The molecule has 0 bridgehead atoms. The number of hydrogen-bond acceptors (Lipinski definition) is 4. The van der Waals surface area contributed by atoms with E-state index in [4.69, 9.17) is 11.0 Å². The molecule has 0 fully saturated rings. The molecule has 1 heterocycles. The van der Waals surface area contributed by atoms with Gasteiger partial charge in [-0.15, -0.1) is 11.3 Å². The Morgan fingerprint density at radius 1 is 1.59 bits per heavy atom. The van der Waals surface area contributed by atoms with Crippen molar-refractivity contribution in [2.24, 2.45) is 11.7 Å². The molecule has 94 valence electrons. The average Bonchev–Trinajstić information content (AvgIpc) is 2.75. The Bertz CT molecular complexity index is 380. The van der Waals surface area contributed by atoms with Crippen molar-refractivity contribution >= 4 is 11.3 Å². The number of hydrogen-bond donors (Lipinski definition) is 1. The molecule has 4 heteroatoms. The van der Waals surface area contributed by atoms with E-state index in [1.165, 1.54) is 10.4 Å². The fourth-order valence-corrected chi connectivity index (χ4v) is 3.09. The van der Waals surface area contributed by atoms with Gasteiger partial charge in [-0.05, 0) is 37.4 Å². The Morgan fingerprint density at radius 3 is 2.71 bits per heavy atom. The molecule has 0 spiro atoms. The zero-order valence-electron chi connectivity index (χ0n) is 10.8. The van der Waals surface area contributed by atoms with Gasteiger partial charge < -0.3 is 5.73 Å². The van der Waals surface area contributed by atoms with Crippen LogP contribution in [0.5, 0.6) is 0 Å². The van der Waals surface area contributed by atoms with Gasteiger partial charge in [0.15, 0.2) is 0 Å². The average molecular weight is 251 g/mol. The summed E-state index contributed by atoms with van der Waals surface area (Å²) in [6.45, 7) is 8.51. The lowest BCUT2D eigenvalue weighted by Gasteiger charge is -2.30. The van der Waals surface area contributed by atoms with Gasteiger partial charge in [-0.2, -0.15) is 5.26 Å². The van der Waals surface area contributed by atoms with E-state index in [0.29, 0.717) is 6.54 Å². The van der Waals surface area contributed by atoms with Gasteiger partial charge in [-0.25, -0.2) is 0 Å². The molecule has 0 radical (unpaired) electrons. The lowest BCUT2D eigenvalue weighted by molar-refractivity contribution is 0.200. The Kier molecular flexibility index (Phi) is 5.63. The number of rotatable bonds is 6. The fraction of sp³-hybridized carbons (Fsp3) is 0.615. The second kappa shape index (κ2) is 6.75. The normalized spacial score (nSPS) is 14.6. The molecule has 0 amide bonds. The quantitative estimate of drug-likeness (QED) is 0.845. The minimum absolute atomic E-state index is 0.0456. The van der Waals surface area contributed by atoms with Crippen molar-refractivity contribution in [3.63, 3.8) is 0 Å². The summed E-state index contributed by atoms with van der Waals surface area (Å²) in [4.78, 5) is 3.63. The first-order valence-corrected chi connectivity index (χ1v) is 6.89. The molecule has 1 aromatic rings. The first-order chi connectivity index (χ1) is 8.13. The third-order valence-electron chi connectivity index (χ3n) is 3.00. The molecule has 0 aliphatic carbocycles. The Hall–Kier alpha value is -0.890. The second-order valence-electron chi connectivity index (χ2n) is 4.34. The van der Waals surface area contributed by atoms with Crippen molar-refractivity contribution in [1.29, 1.82) is 5.26 Å². The highest BCUT2D eigenvalue weighted by Gasteiger charge is 2.21. The lowest BCUT2D eigenvalue weighted by atomic mass is 10.1. The van der Waals surface area contributed by atoms with Crippen molar-refractivity contribution < 1.29 is 0 Å². The topological polar surface area (TPSA) is 53.0 Å². The fourth-order valence-electron chi connectivity index (χ4n) is 2.02. The van der Waals surface area contributed by atoms with Gasteiger partial charge in [0.25, 0.3) is 0 Å². The van der Waals surface area contributed by atoms with Crippen LogP contribution in [0, 0.1) is 24.2 Å². The summed E-state index contributed by atoms with van der Waals surface area (Å²) in [5.41, 5.74) is 7.21. The van der Waals surface area contributed by atoms with Crippen LogP contribution < -0.4 is 5.73 Å². The Balaban J connectivity index is 2.85. The molecule has 2 atom stereocenters. The minimum atomic E-state index is 0.0456. The number of likely N-dealkylation sites (N-methyl/N-ethyl adjacent to an activating group) is 1. The van der Waals surface area contributed by atoms with Crippen LogP contribution in [0.3, 0.4) is 0 Å². The molecular formula is C13H21N3S. The molecular weight excluding hydrogens is 230 g/mol. The van der Waals surface area contributed by atoms with Crippen molar-refractivity contribution in [2.45, 2.75) is 26.8 Å². The van der Waals surface area contributed by atoms with Crippen LogP contribution in [0.15, 0.2) is 11.4 Å². The predicted octanol–water partition coefficient (Wildman–Crippen LogP) is 2.54. The summed E-state index contributed by atoms with van der Waals surface area (Å²) in [5, 5.41) is 11.0. The van der Waals surface area contributed by atoms with Gasteiger partial charge >= 0.3 is 0 Å². The number of nitrogens with zero attached hydrogens (tertiary/aromatic N) is 2. The number of thiophene rings is 1. The van der Waals surface area contributed by atoms with Gasteiger partial charge in [0.1, 0.15) is 0 Å². The summed E-state index contributed by atoms with van der Waals surface area (Å²) in [6, 6.07) is 4.66. The molecule has 0 aromatic carbocycles. The maximum absolute atomic E-state index is 8.91. The SMILES string of the molecule is CCN(CC(C)C#N)C(CN)c1sccc1C. The molecule has 0 saturated heterocycles. The van der Waals surface area contributed by atoms with E-state index < -0.39 is 0 Å². The van der Waals surface area contributed by atoms with E-state index in [1.54, 1.807) is 11.3 Å². The first-order valence-electron chi connectivity index (χ1n) is 6.01. The highest BCUT2D eigenvalue weighted by Crippen LogP contribution is 2.28. The second-order valence-corrected chi connectivity index (χ2v) is 5.28. The van der Waals surface area contributed by atoms with Gasteiger partial charge in [0.2, 0.25) is 0 Å². The van der Waals surface area contributed by atoms with Crippen LogP contribution in [-0.4, -0.2) is 24.5 Å². The van der Waals surface area contributed by atoms with Crippen molar-refractivity contribution in [3.8, 4) is 6.07 Å². The molecule has 2 unspecified atom stereocenters. The van der Waals surface area contributed by atoms with E-state index >= 15 is 0 Å². The van der Waals surface area contributed by atoms with E-state index in [9.17, 15) is 0 Å². The molecule has 0 aliphatic heterocycles. The lowest BCUT2D eigenvalue weighted by Crippen LogP contribution is -2.36. The highest BCUT2D eigenvalue weighted by atomic mass is 32.1. The monoisotopic (exact) mass is 251 g/mol. The first kappa shape index (κ1) is 14.2. The Labute approximate surface area is 108 Å². The molecule has 1 rings (SSSR count). The summed E-state index contributed by atoms with van der Waals surface area (Å²) in [7, 11) is 0. The van der Waals surface area contributed by atoms with Crippen LogP contribution in [0.4, 0.5) is 0 Å². The largest absolute Gasteiger partial charge is 0.329 e. The van der Waals surface area contributed by atoms with Crippen molar-refractivity contribution in [1.82, 2.24) is 4.90 Å². The minimum Gasteiger partial charge on any atom is -0.329 e. The number of nitriles is 1. The summed E-state index contributed by atoms with van der Waals surface area (Å²) in [5.74, 6) is 0.0456. The third-order valence-corrected chi connectivity index (χ3v) is 4.12. The third kappa shape index (κ3) is 3.53. The van der Waals surface area contributed by atoms with Gasteiger partial charge in [0, 0.05) is 18.0 Å². The number of aryl methyl sites for hydroxylation is 1. The zero-order chi connectivity index (χ0) is 12.8. The smallest absolute Gasteiger partial charge is 0.0666 e. The predicted molar refractivity (Wildman–Crippen MR) is 72.9 cm³/mol. The van der Waals surface area contributed by atoms with E-state index in [2.05, 4.69) is 36.3 Å². The summed E-state index contributed by atoms with van der Waals surface area (Å²) in [6.07, 6.45) is 0. The molecule has 3 nitrogen and oxygen atoms in total. The van der Waals surface area contributed by atoms with Crippen LogP contribution in [0.1, 0.15) is 30.3 Å². The van der Waals surface area contributed by atoms with Gasteiger partial charge in [-0.3, -0.25) is 4.90 Å². The molecule has 1 aromatic heterocycles. The van der Waals surface area contributed by atoms with E-state index in [0.717, 1.165) is 13.1 Å². The van der Waals surface area contributed by atoms with Crippen LogP contribution in [0.2, 0.25) is 0 Å². The summed E-state index contributed by atoms with van der Waals surface area (Å²) < 4.78 is 0. The van der Waals surface area contributed by atoms with Gasteiger partial charge in [0.05, 0.1) is 18.0 Å². The molecule has 0 saturated carbocycles. The van der Waals surface area contributed by atoms with E-state index in [1.807, 2.05) is 6.92 Å². The molecule has 0 aliphatic rings. The van der Waals surface area contributed by atoms with Crippen LogP contribution >= 0.6 is 11.3 Å². The zero-order valence-corrected chi connectivity index (χ0v) is 11.6. The molecule has 2 N–H and O–H groups in total. The Morgan fingerprint density at radius 2 is 2.29 bits per heavy atom. The van der Waals surface area contributed by atoms with Crippen LogP contribution in [0.25, 0.3) is 0 Å². The highest BCUT2D eigenvalue weighted by molar-refractivity contribution is 7.10. The number of nitrogens with two attached hydrogens (primary N) is 1. The van der Waals surface area contributed by atoms with Crippen molar-refractivity contribution in [3.05, 3.63) is 21.9 Å². The molecule has 17 heavy (non-hydrogen) atoms. The maximum Gasteiger partial charge on any atom is 0.0666 e. The standard InChI is InChI=1S/C13H21N3S/c1-4-16(9-10(2)7-14)12(8-15)13-11(3)5-6-17-13/h5-6,10,12H,4,8-9,15H2,1-3H3. The summed E-state index contributed by atoms with van der Waals surface area (Å²) >= 11 is 1.76. The maximum atomic E-state index is 8.91. The van der Waals surface area contributed by atoms with Crippen molar-refractivity contribution in [2.75, 3.05) is 19.6 Å². The van der Waals surface area contributed by atoms with Crippen LogP contribution in [-0.2, 0) is 0 Å². The van der Waals surface area contributed by atoms with Gasteiger partial charge in [-0.1, -0.05) is 6.92 Å².